The first-order chi connectivity index (χ1) is 21.7. The fourth-order valence-corrected chi connectivity index (χ4v) is 5.16. The molecule has 0 aliphatic carbocycles. The second-order valence-corrected chi connectivity index (χ2v) is 13.4. The minimum atomic E-state index is -1.00. The molecule has 2 amide bonds. The summed E-state index contributed by atoms with van der Waals surface area (Å²) in [5.74, 6) is 1.40. The van der Waals surface area contributed by atoms with Gasteiger partial charge >= 0.3 is 6.09 Å². The molecule has 0 radical (unpaired) electrons. The van der Waals surface area contributed by atoms with Crippen molar-refractivity contribution in [2.75, 3.05) is 34.0 Å². The first-order valence-electron chi connectivity index (χ1n) is 16.2. The van der Waals surface area contributed by atoms with Crippen LogP contribution in [0.3, 0.4) is 0 Å². The Bertz CT molecular complexity index is 1170. The van der Waals surface area contributed by atoms with Crippen LogP contribution in [0.15, 0.2) is 18.2 Å². The van der Waals surface area contributed by atoms with Gasteiger partial charge in [-0.3, -0.25) is 4.79 Å². The van der Waals surface area contributed by atoms with Crippen molar-refractivity contribution in [2.45, 2.75) is 98.3 Å². The number of aromatic amines is 1. The molecule has 2 rings (SSSR count). The maximum Gasteiger partial charge on any atom is 0.407 e. The molecule has 1 heterocycles. The number of amides is 2. The first-order valence-corrected chi connectivity index (χ1v) is 16.2. The smallest absolute Gasteiger partial charge is 0.407 e. The van der Waals surface area contributed by atoms with E-state index in [9.17, 15) is 14.7 Å². The van der Waals surface area contributed by atoms with Crippen molar-refractivity contribution >= 4 is 12.0 Å². The topological polar surface area (TPSA) is 170 Å². The lowest BCUT2D eigenvalue weighted by atomic mass is 9.80. The fourth-order valence-electron chi connectivity index (χ4n) is 5.16. The Kier molecular flexibility index (Phi) is 16.2. The van der Waals surface area contributed by atoms with Gasteiger partial charge in [0.2, 0.25) is 5.91 Å². The van der Waals surface area contributed by atoms with E-state index in [0.717, 1.165) is 12.0 Å². The Balaban J connectivity index is 2.23. The van der Waals surface area contributed by atoms with Crippen LogP contribution in [0.2, 0.25) is 0 Å². The van der Waals surface area contributed by atoms with Crippen molar-refractivity contribution in [2.24, 2.45) is 23.7 Å². The molecule has 13 heteroatoms. The third kappa shape index (κ3) is 13.9. The Morgan fingerprint density at radius 1 is 1.02 bits per heavy atom. The minimum Gasteiger partial charge on any atom is -0.493 e. The number of aliphatic hydroxyl groups excluding tert-OH is 1. The van der Waals surface area contributed by atoms with Gasteiger partial charge in [-0.25, -0.2) is 4.79 Å². The van der Waals surface area contributed by atoms with Crippen LogP contribution >= 0.6 is 0 Å². The number of carbonyl (C=O) groups excluding carboxylic acids is 2. The summed E-state index contributed by atoms with van der Waals surface area (Å²) in [7, 11) is 3.27. The molecule has 0 spiro atoms. The Morgan fingerprint density at radius 3 is 2.35 bits per heavy atom. The van der Waals surface area contributed by atoms with E-state index in [1.807, 2.05) is 32.0 Å². The van der Waals surface area contributed by atoms with E-state index < -0.39 is 29.8 Å². The average molecular weight is 649 g/mol. The molecule has 0 unspecified atom stereocenters. The molecule has 46 heavy (non-hydrogen) atoms. The van der Waals surface area contributed by atoms with Crippen LogP contribution < -0.4 is 20.1 Å². The first kappa shape index (κ1) is 38.7. The van der Waals surface area contributed by atoms with Gasteiger partial charge in [-0.05, 0) is 75.5 Å². The van der Waals surface area contributed by atoms with Crippen molar-refractivity contribution in [3.8, 4) is 11.5 Å². The zero-order valence-electron chi connectivity index (χ0n) is 29.1. The molecule has 4 N–H and O–H groups in total. The van der Waals surface area contributed by atoms with E-state index >= 15 is 0 Å². The van der Waals surface area contributed by atoms with Gasteiger partial charge in [0.1, 0.15) is 5.60 Å². The predicted molar refractivity (Wildman–Crippen MR) is 175 cm³/mol. The van der Waals surface area contributed by atoms with Crippen LogP contribution in [0.1, 0.15) is 79.1 Å². The summed E-state index contributed by atoms with van der Waals surface area (Å²) in [5, 5.41) is 31.2. The summed E-state index contributed by atoms with van der Waals surface area (Å²) in [5.41, 5.74) is 0.339. The molecule has 4 atom stereocenters. The number of H-pyrrole nitrogens is 1. The Labute approximate surface area is 273 Å². The quantitative estimate of drug-likeness (QED) is 0.153. The van der Waals surface area contributed by atoms with Gasteiger partial charge in [-0.1, -0.05) is 39.0 Å². The number of hydrogen-bond acceptors (Lipinski definition) is 10. The van der Waals surface area contributed by atoms with Crippen LogP contribution in [-0.2, 0) is 27.1 Å². The summed E-state index contributed by atoms with van der Waals surface area (Å²) in [4.78, 5) is 26.2. The van der Waals surface area contributed by atoms with E-state index in [4.69, 9.17) is 18.9 Å². The van der Waals surface area contributed by atoms with Gasteiger partial charge in [-0.2, -0.15) is 5.21 Å². The van der Waals surface area contributed by atoms with Crippen molar-refractivity contribution in [1.82, 2.24) is 31.3 Å². The summed E-state index contributed by atoms with van der Waals surface area (Å²) < 4.78 is 22.2. The van der Waals surface area contributed by atoms with Crippen molar-refractivity contribution in [3.05, 3.63) is 29.6 Å². The number of ether oxygens (including phenoxy) is 4. The number of rotatable bonds is 20. The molecule has 1 aromatic heterocycles. The van der Waals surface area contributed by atoms with Gasteiger partial charge in [0.15, 0.2) is 17.3 Å². The number of carbonyl (C=O) groups is 2. The highest BCUT2D eigenvalue weighted by molar-refractivity contribution is 5.79. The SMILES string of the molecule is COCCCOc1cc(C[C@@H](C[C@H](NC(=O)OC(C)(C)C)[C@@H](O)C[C@H](C(=O)NCCc2nn[nH]n2)C(C)C)C(C)C)ccc1OC. The lowest BCUT2D eigenvalue weighted by Crippen LogP contribution is -2.49. The van der Waals surface area contributed by atoms with E-state index in [1.54, 1.807) is 35.0 Å². The Hall–Kier alpha value is -3.45. The highest BCUT2D eigenvalue weighted by Gasteiger charge is 2.33. The maximum atomic E-state index is 13.2. The van der Waals surface area contributed by atoms with Crippen molar-refractivity contribution in [1.29, 1.82) is 0 Å². The molecule has 13 nitrogen and oxygen atoms in total. The molecule has 0 fully saturated rings. The van der Waals surface area contributed by atoms with Crippen LogP contribution in [0.5, 0.6) is 11.5 Å². The molecule has 260 valence electrons. The number of benzene rings is 1. The van der Waals surface area contributed by atoms with Crippen LogP contribution in [0.25, 0.3) is 0 Å². The van der Waals surface area contributed by atoms with E-state index in [2.05, 4.69) is 45.1 Å². The van der Waals surface area contributed by atoms with Gasteiger partial charge < -0.3 is 34.7 Å². The van der Waals surface area contributed by atoms with Crippen molar-refractivity contribution < 1.29 is 33.6 Å². The number of tetrazole rings is 1. The number of aliphatic hydroxyl groups is 1. The normalized spacial score (nSPS) is 14.4. The summed E-state index contributed by atoms with van der Waals surface area (Å²) in [6, 6.07) is 5.24. The number of methoxy groups -OCH3 is 2. The van der Waals surface area contributed by atoms with Gasteiger partial charge in [0, 0.05) is 39.0 Å². The molecule has 0 aliphatic heterocycles. The lowest BCUT2D eigenvalue weighted by Gasteiger charge is -2.33. The molecular weight excluding hydrogens is 592 g/mol. The molecule has 0 saturated heterocycles. The van der Waals surface area contributed by atoms with Crippen molar-refractivity contribution in [3.63, 3.8) is 0 Å². The van der Waals surface area contributed by atoms with E-state index in [0.29, 0.717) is 56.3 Å². The second-order valence-electron chi connectivity index (χ2n) is 13.4. The number of alkyl carbamates (subject to hydrolysis) is 1. The predicted octanol–water partition coefficient (Wildman–Crippen LogP) is 4.10. The standard InChI is InChI=1S/C33H56N6O7/c1-21(2)24(17-23-11-12-28(44-9)29(18-23)45-16-10-15-43-8)19-26(35-32(42)46-33(5,6)7)27(40)20-25(22(3)4)31(41)34-14-13-30-36-38-39-37-30/h11-12,18,21-22,24-27,40H,10,13-17,19-20H2,1-9H3,(H,34,41)(H,35,42)(H,36,37,38,39)/t24-,25-,26-,27-/m0/s1. The van der Waals surface area contributed by atoms with Gasteiger partial charge in [0.25, 0.3) is 0 Å². The lowest BCUT2D eigenvalue weighted by molar-refractivity contribution is -0.127. The second kappa shape index (κ2) is 19.3. The molecule has 0 bridgehead atoms. The van der Waals surface area contributed by atoms with Gasteiger partial charge in [-0.15, -0.1) is 10.2 Å². The number of nitrogens with zero attached hydrogens (tertiary/aromatic N) is 3. The zero-order chi connectivity index (χ0) is 34.3. The highest BCUT2D eigenvalue weighted by atomic mass is 16.6. The number of aromatic nitrogens is 4. The fraction of sp³-hybridized carbons (Fsp3) is 0.727. The monoisotopic (exact) mass is 648 g/mol. The molecule has 2 aromatic rings. The molecular formula is C33H56N6O7. The summed E-state index contributed by atoms with van der Waals surface area (Å²) >= 11 is 0. The zero-order valence-corrected chi connectivity index (χ0v) is 29.1. The van der Waals surface area contributed by atoms with Crippen LogP contribution in [0.4, 0.5) is 4.79 Å². The van der Waals surface area contributed by atoms with E-state index in [1.165, 1.54) is 0 Å². The third-order valence-corrected chi connectivity index (χ3v) is 7.82. The molecule has 0 aliphatic rings. The Morgan fingerprint density at radius 2 is 1.76 bits per heavy atom. The highest BCUT2D eigenvalue weighted by Crippen LogP contribution is 2.32. The van der Waals surface area contributed by atoms with Gasteiger partial charge in [0.05, 0.1) is 25.9 Å². The number of hydrogen-bond donors (Lipinski definition) is 4. The molecule has 1 aromatic carbocycles. The average Bonchev–Trinajstić information content (AvgIpc) is 3.49. The molecule has 0 saturated carbocycles. The summed E-state index contributed by atoms with van der Waals surface area (Å²) in [6.07, 6.45) is 0.889. The largest absolute Gasteiger partial charge is 0.493 e. The number of nitrogens with one attached hydrogen (secondary N) is 3. The third-order valence-electron chi connectivity index (χ3n) is 7.82. The minimum absolute atomic E-state index is 0.0514. The maximum absolute atomic E-state index is 13.2. The van der Waals surface area contributed by atoms with E-state index in [-0.39, 0.29) is 30.1 Å². The van der Waals surface area contributed by atoms with Crippen LogP contribution in [-0.4, -0.2) is 89.5 Å². The summed E-state index contributed by atoms with van der Waals surface area (Å²) in [6.45, 7) is 15.0. The van der Waals surface area contributed by atoms with Crippen LogP contribution in [0, 0.1) is 23.7 Å².